The summed E-state index contributed by atoms with van der Waals surface area (Å²) in [6, 6.07) is 0.534. The maximum absolute atomic E-state index is 10.3. The third-order valence-electron chi connectivity index (χ3n) is 2.58. The van der Waals surface area contributed by atoms with Crippen molar-refractivity contribution in [3.8, 4) is 0 Å². The molecule has 0 aliphatic heterocycles. The van der Waals surface area contributed by atoms with Crippen LogP contribution in [0, 0.1) is 5.92 Å². The predicted octanol–water partition coefficient (Wildman–Crippen LogP) is 1.63. The van der Waals surface area contributed by atoms with Crippen molar-refractivity contribution < 1.29 is 9.90 Å². The van der Waals surface area contributed by atoms with Crippen molar-refractivity contribution >= 4 is 5.97 Å². The lowest BCUT2D eigenvalue weighted by molar-refractivity contribution is -0.136. The molecule has 1 fully saturated rings. The molecule has 13 heavy (non-hydrogen) atoms. The van der Waals surface area contributed by atoms with E-state index in [1.54, 1.807) is 0 Å². The molecule has 3 nitrogen and oxygen atoms in total. The van der Waals surface area contributed by atoms with E-state index in [1.807, 2.05) is 0 Å². The zero-order valence-corrected chi connectivity index (χ0v) is 8.25. The average molecular weight is 185 g/mol. The molecular weight excluding hydrogens is 166 g/mol. The molecule has 76 valence electrons. The first-order chi connectivity index (χ1) is 6.22. The topological polar surface area (TPSA) is 49.3 Å². The second-order valence-electron chi connectivity index (χ2n) is 3.88. The van der Waals surface area contributed by atoms with Crippen molar-refractivity contribution in [1.29, 1.82) is 0 Å². The maximum atomic E-state index is 10.3. The Labute approximate surface area is 79.5 Å². The highest BCUT2D eigenvalue weighted by Crippen LogP contribution is 2.33. The number of carbonyl (C=O) groups is 1. The zero-order chi connectivity index (χ0) is 9.68. The number of rotatable bonds is 7. The smallest absolute Gasteiger partial charge is 0.304 e. The van der Waals surface area contributed by atoms with Gasteiger partial charge in [-0.1, -0.05) is 19.8 Å². The highest BCUT2D eigenvalue weighted by molar-refractivity contribution is 5.66. The molecule has 1 saturated carbocycles. The summed E-state index contributed by atoms with van der Waals surface area (Å²) in [7, 11) is 0. The van der Waals surface area contributed by atoms with E-state index in [0.29, 0.717) is 12.6 Å². The van der Waals surface area contributed by atoms with Crippen molar-refractivity contribution in [3.05, 3.63) is 0 Å². The normalized spacial score (nSPS) is 18.5. The van der Waals surface area contributed by atoms with Gasteiger partial charge >= 0.3 is 5.97 Å². The molecular formula is C10H19NO2. The number of carboxylic acids is 1. The van der Waals surface area contributed by atoms with Gasteiger partial charge in [0.15, 0.2) is 0 Å². The van der Waals surface area contributed by atoms with Crippen molar-refractivity contribution in [2.75, 3.05) is 6.54 Å². The summed E-state index contributed by atoms with van der Waals surface area (Å²) in [5.74, 6) is 0.205. The first kappa shape index (κ1) is 10.5. The van der Waals surface area contributed by atoms with E-state index in [1.165, 1.54) is 19.3 Å². The second-order valence-corrected chi connectivity index (χ2v) is 3.88. The lowest BCUT2D eigenvalue weighted by Gasteiger charge is -2.15. The highest BCUT2D eigenvalue weighted by atomic mass is 16.4. The van der Waals surface area contributed by atoms with Gasteiger partial charge in [-0.25, -0.2) is 0 Å². The lowest BCUT2D eigenvalue weighted by atomic mass is 10.1. The van der Waals surface area contributed by atoms with E-state index >= 15 is 0 Å². The number of aliphatic carboxylic acids is 1. The van der Waals surface area contributed by atoms with Crippen LogP contribution in [0.2, 0.25) is 0 Å². The molecule has 2 N–H and O–H groups in total. The van der Waals surface area contributed by atoms with E-state index in [0.717, 1.165) is 12.3 Å². The lowest BCUT2D eigenvalue weighted by Crippen LogP contribution is -2.30. The first-order valence-electron chi connectivity index (χ1n) is 5.17. The van der Waals surface area contributed by atoms with E-state index < -0.39 is 5.97 Å². The van der Waals surface area contributed by atoms with Crippen LogP contribution in [0.1, 0.15) is 39.0 Å². The maximum Gasteiger partial charge on any atom is 0.304 e. The second kappa shape index (κ2) is 5.22. The summed E-state index contributed by atoms with van der Waals surface area (Å²) in [4.78, 5) is 10.3. The van der Waals surface area contributed by atoms with Crippen molar-refractivity contribution in [3.63, 3.8) is 0 Å². The molecule has 0 aromatic heterocycles. The summed E-state index contributed by atoms with van der Waals surface area (Å²) in [5.41, 5.74) is 0. The third kappa shape index (κ3) is 4.88. The summed E-state index contributed by atoms with van der Waals surface area (Å²) < 4.78 is 0. The van der Waals surface area contributed by atoms with Crippen molar-refractivity contribution in [1.82, 2.24) is 5.32 Å². The minimum absolute atomic E-state index is 0.237. The predicted molar refractivity (Wildman–Crippen MR) is 51.7 cm³/mol. The largest absolute Gasteiger partial charge is 0.481 e. The van der Waals surface area contributed by atoms with E-state index in [2.05, 4.69) is 12.2 Å². The summed E-state index contributed by atoms with van der Waals surface area (Å²) in [6.45, 7) is 2.77. The van der Waals surface area contributed by atoms with Gasteiger partial charge in [0.05, 0.1) is 6.42 Å². The number of carboxylic acid groups (broad SMARTS) is 1. The van der Waals surface area contributed by atoms with E-state index in [4.69, 9.17) is 5.11 Å². The summed E-state index contributed by atoms with van der Waals surface area (Å²) in [5, 5.41) is 11.7. The molecule has 0 amide bonds. The molecule has 0 heterocycles. The van der Waals surface area contributed by atoms with Crippen LogP contribution < -0.4 is 5.32 Å². The van der Waals surface area contributed by atoms with Crippen LogP contribution in [0.15, 0.2) is 0 Å². The molecule has 1 unspecified atom stereocenters. The van der Waals surface area contributed by atoms with Gasteiger partial charge in [0, 0.05) is 12.6 Å². The highest BCUT2D eigenvalue weighted by Gasteiger charge is 2.24. The standard InChI is InChI=1S/C10H19NO2/c1-2-9(7-8-3-4-8)11-6-5-10(12)13/h8-9,11H,2-7H2,1H3,(H,12,13). The van der Waals surface area contributed by atoms with Gasteiger partial charge in [0.25, 0.3) is 0 Å². The van der Waals surface area contributed by atoms with Gasteiger partial charge in [0.1, 0.15) is 0 Å². The molecule has 3 heteroatoms. The first-order valence-corrected chi connectivity index (χ1v) is 5.17. The Morgan fingerprint density at radius 2 is 2.31 bits per heavy atom. The third-order valence-corrected chi connectivity index (χ3v) is 2.58. The van der Waals surface area contributed by atoms with Gasteiger partial charge in [-0.05, 0) is 18.8 Å². The Morgan fingerprint density at radius 3 is 2.77 bits per heavy atom. The van der Waals surface area contributed by atoms with Gasteiger partial charge in [-0.15, -0.1) is 0 Å². The molecule has 1 rings (SSSR count). The Kier molecular flexibility index (Phi) is 4.22. The Morgan fingerprint density at radius 1 is 1.62 bits per heavy atom. The zero-order valence-electron chi connectivity index (χ0n) is 8.25. The SMILES string of the molecule is CCC(CC1CC1)NCCC(=O)O. The molecule has 0 aromatic carbocycles. The molecule has 0 aromatic rings. The fourth-order valence-electron chi connectivity index (χ4n) is 1.53. The van der Waals surface area contributed by atoms with Gasteiger partial charge in [0.2, 0.25) is 0 Å². The number of nitrogens with one attached hydrogen (secondary N) is 1. The van der Waals surface area contributed by atoms with Crippen molar-refractivity contribution in [2.45, 2.75) is 45.1 Å². The Hall–Kier alpha value is -0.570. The Bertz CT molecular complexity index is 166. The number of hydrogen-bond donors (Lipinski definition) is 2. The van der Waals surface area contributed by atoms with Gasteiger partial charge in [-0.3, -0.25) is 4.79 Å². The van der Waals surface area contributed by atoms with Crippen LogP contribution in [0.4, 0.5) is 0 Å². The van der Waals surface area contributed by atoms with Crippen LogP contribution >= 0.6 is 0 Å². The molecule has 0 spiro atoms. The summed E-state index contributed by atoms with van der Waals surface area (Å²) >= 11 is 0. The molecule has 0 radical (unpaired) electrons. The van der Waals surface area contributed by atoms with Crippen LogP contribution in [-0.2, 0) is 4.79 Å². The van der Waals surface area contributed by atoms with Crippen molar-refractivity contribution in [2.24, 2.45) is 5.92 Å². The van der Waals surface area contributed by atoms with Gasteiger partial charge < -0.3 is 10.4 Å². The van der Waals surface area contributed by atoms with Gasteiger partial charge in [-0.2, -0.15) is 0 Å². The molecule has 1 atom stereocenters. The average Bonchev–Trinajstić information content (AvgIpc) is 2.86. The van der Waals surface area contributed by atoms with E-state index in [9.17, 15) is 4.79 Å². The summed E-state index contributed by atoms with van der Waals surface area (Å²) in [6.07, 6.45) is 5.32. The Balaban J connectivity index is 2.04. The fourth-order valence-corrected chi connectivity index (χ4v) is 1.53. The molecule has 0 saturated heterocycles. The van der Waals surface area contributed by atoms with Crippen LogP contribution in [-0.4, -0.2) is 23.7 Å². The van der Waals surface area contributed by atoms with Crippen LogP contribution in [0.3, 0.4) is 0 Å². The van der Waals surface area contributed by atoms with Crippen LogP contribution in [0.25, 0.3) is 0 Å². The molecule has 0 bridgehead atoms. The fraction of sp³-hybridized carbons (Fsp3) is 0.900. The molecule has 1 aliphatic rings. The molecule has 1 aliphatic carbocycles. The number of hydrogen-bond acceptors (Lipinski definition) is 2. The van der Waals surface area contributed by atoms with E-state index in [-0.39, 0.29) is 6.42 Å². The quantitative estimate of drug-likeness (QED) is 0.633. The minimum Gasteiger partial charge on any atom is -0.481 e. The van der Waals surface area contributed by atoms with Crippen LogP contribution in [0.5, 0.6) is 0 Å². The monoisotopic (exact) mass is 185 g/mol. The minimum atomic E-state index is -0.714.